The van der Waals surface area contributed by atoms with Crippen LogP contribution in [0.5, 0.6) is 0 Å². The van der Waals surface area contributed by atoms with Crippen LogP contribution in [0.2, 0.25) is 15.2 Å². The number of nitrogens with zero attached hydrogens (tertiary/aromatic N) is 3. The summed E-state index contributed by atoms with van der Waals surface area (Å²) < 4.78 is 0. The van der Waals surface area contributed by atoms with Crippen LogP contribution in [0.1, 0.15) is 19.4 Å². The molecule has 170 valence electrons. The number of nitrogens with one attached hydrogen (secondary N) is 2. The number of fused-ring (bicyclic) bond motifs is 3. The van der Waals surface area contributed by atoms with E-state index in [0.29, 0.717) is 34.0 Å². The van der Waals surface area contributed by atoms with E-state index in [1.54, 1.807) is 12.1 Å². The summed E-state index contributed by atoms with van der Waals surface area (Å²) >= 11 is 18.2. The fourth-order valence-electron chi connectivity index (χ4n) is 3.13. The Morgan fingerprint density at radius 2 is 1.72 bits per heavy atom. The topological polar surface area (TPSA) is 118 Å². The molecule has 2 aromatic heterocycles. The van der Waals surface area contributed by atoms with Crippen molar-refractivity contribution in [3.05, 3.63) is 57.2 Å². The Morgan fingerprint density at radius 3 is 2.38 bits per heavy atom. The molecule has 0 bridgehead atoms. The molecule has 0 aliphatic rings. The maximum atomic E-state index is 6.25. The molecule has 0 radical (unpaired) electrons. The SMILES string of the molecule is CC.CN.NC=NCCc1cc(Nc2ccc(Cl)nn2)cc2c1[nH]c1cc(Cl)c(Cl)cc12. The predicted molar refractivity (Wildman–Crippen MR) is 139 cm³/mol. The highest BCUT2D eigenvalue weighted by molar-refractivity contribution is 6.43. The zero-order chi connectivity index (χ0) is 23.7. The van der Waals surface area contributed by atoms with Crippen LogP contribution in [-0.2, 0) is 6.42 Å². The molecule has 7 nitrogen and oxygen atoms in total. The summed E-state index contributed by atoms with van der Waals surface area (Å²) in [5, 5.41) is 14.5. The summed E-state index contributed by atoms with van der Waals surface area (Å²) in [5.41, 5.74) is 13.7. The largest absolute Gasteiger partial charge is 0.390 e. The minimum Gasteiger partial charge on any atom is -0.390 e. The highest BCUT2D eigenvalue weighted by Crippen LogP contribution is 2.36. The van der Waals surface area contributed by atoms with Gasteiger partial charge in [-0.3, -0.25) is 4.99 Å². The molecule has 4 aromatic rings. The van der Waals surface area contributed by atoms with Crippen LogP contribution >= 0.6 is 34.8 Å². The lowest BCUT2D eigenvalue weighted by Gasteiger charge is -2.09. The van der Waals surface area contributed by atoms with Gasteiger partial charge in [0.15, 0.2) is 11.0 Å². The van der Waals surface area contributed by atoms with E-state index < -0.39 is 0 Å². The molecule has 0 amide bonds. The molecule has 0 saturated heterocycles. The number of aromatic nitrogens is 3. The second-order valence-corrected chi connectivity index (χ2v) is 7.37. The lowest BCUT2D eigenvalue weighted by atomic mass is 10.0. The van der Waals surface area contributed by atoms with Gasteiger partial charge in [0.1, 0.15) is 0 Å². The van der Waals surface area contributed by atoms with Crippen molar-refractivity contribution in [3.63, 3.8) is 0 Å². The average molecular weight is 495 g/mol. The van der Waals surface area contributed by atoms with E-state index in [4.69, 9.17) is 40.5 Å². The Bertz CT molecular complexity index is 1190. The van der Waals surface area contributed by atoms with E-state index in [-0.39, 0.29) is 0 Å². The van der Waals surface area contributed by atoms with Crippen molar-refractivity contribution >= 4 is 74.5 Å². The molecule has 0 atom stereocenters. The average Bonchev–Trinajstić information content (AvgIpc) is 3.16. The maximum Gasteiger partial charge on any atom is 0.153 e. The monoisotopic (exact) mass is 493 g/mol. The molecule has 0 spiro atoms. The molecule has 6 N–H and O–H groups in total. The first kappa shape index (κ1) is 25.7. The molecule has 0 unspecified atom stereocenters. The van der Waals surface area contributed by atoms with Crippen molar-refractivity contribution in [2.24, 2.45) is 16.5 Å². The van der Waals surface area contributed by atoms with Crippen molar-refractivity contribution < 1.29 is 0 Å². The molecule has 0 aliphatic carbocycles. The normalized spacial score (nSPS) is 10.6. The molecular weight excluding hydrogens is 469 g/mol. The molecule has 32 heavy (non-hydrogen) atoms. The summed E-state index contributed by atoms with van der Waals surface area (Å²) in [6.45, 7) is 4.58. The van der Waals surface area contributed by atoms with Gasteiger partial charge in [0.25, 0.3) is 0 Å². The lowest BCUT2D eigenvalue weighted by Crippen LogP contribution is -1.99. The second-order valence-electron chi connectivity index (χ2n) is 6.17. The van der Waals surface area contributed by atoms with Crippen LogP contribution in [0.25, 0.3) is 21.8 Å². The molecule has 2 heterocycles. The van der Waals surface area contributed by atoms with Crippen LogP contribution in [-0.4, -0.2) is 35.1 Å². The molecule has 10 heteroatoms. The van der Waals surface area contributed by atoms with Crippen LogP contribution in [0.3, 0.4) is 0 Å². The molecule has 0 aliphatic heterocycles. The number of aliphatic imine (C=N–C) groups is 1. The number of hydrogen-bond acceptors (Lipinski definition) is 5. The van der Waals surface area contributed by atoms with E-state index >= 15 is 0 Å². The van der Waals surface area contributed by atoms with E-state index in [1.165, 1.54) is 13.4 Å². The molecule has 4 rings (SSSR count). The number of aromatic amines is 1. The molecule has 2 aromatic carbocycles. The number of hydrogen-bond donors (Lipinski definition) is 4. The Hall–Kier alpha value is -2.58. The zero-order valence-electron chi connectivity index (χ0n) is 18.1. The van der Waals surface area contributed by atoms with Gasteiger partial charge in [0.2, 0.25) is 0 Å². The van der Waals surface area contributed by atoms with Crippen molar-refractivity contribution in [2.75, 3.05) is 18.9 Å². The first-order valence-corrected chi connectivity index (χ1v) is 11.2. The first-order chi connectivity index (χ1) is 15.5. The van der Waals surface area contributed by atoms with Gasteiger partial charge in [-0.15, -0.1) is 10.2 Å². The minimum atomic E-state index is 0.337. The number of benzene rings is 2. The number of nitrogens with two attached hydrogens (primary N) is 2. The lowest BCUT2D eigenvalue weighted by molar-refractivity contribution is 0.977. The standard InChI is InChI=1S/C19H15Cl3N6.C2H6.CH5N/c20-14-7-12-13-6-11(25-18-2-1-17(22)27-28-18)5-10(3-4-24-9-23)19(13)26-16(12)8-15(14)21;2*1-2/h1-2,5-9,26H,3-4H2,(H2,23,24)(H,25,28);1-2H3;2H2,1H3. The first-order valence-electron chi connectivity index (χ1n) is 10.0. The smallest absolute Gasteiger partial charge is 0.153 e. The van der Waals surface area contributed by atoms with Crippen molar-refractivity contribution in [1.82, 2.24) is 15.2 Å². The van der Waals surface area contributed by atoms with Crippen LogP contribution in [0.15, 0.2) is 41.4 Å². The summed E-state index contributed by atoms with van der Waals surface area (Å²) in [6.07, 6.45) is 2.02. The fraction of sp³-hybridized carbons (Fsp3) is 0.227. The molecular formula is C22H26Cl3N7. The van der Waals surface area contributed by atoms with Gasteiger partial charge < -0.3 is 21.8 Å². The number of H-pyrrole nitrogens is 1. The predicted octanol–water partition coefficient (Wildman–Crippen LogP) is 5.95. The van der Waals surface area contributed by atoms with Gasteiger partial charge in [-0.2, -0.15) is 0 Å². The molecule has 0 saturated carbocycles. The van der Waals surface area contributed by atoms with Crippen LogP contribution < -0.4 is 16.8 Å². The molecule has 0 fully saturated rings. The summed E-state index contributed by atoms with van der Waals surface area (Å²) in [7, 11) is 1.50. The van der Waals surface area contributed by atoms with Gasteiger partial charge in [-0.05, 0) is 55.4 Å². The fourth-order valence-corrected chi connectivity index (χ4v) is 3.56. The van der Waals surface area contributed by atoms with Gasteiger partial charge in [-0.25, -0.2) is 0 Å². The van der Waals surface area contributed by atoms with Gasteiger partial charge >= 0.3 is 0 Å². The van der Waals surface area contributed by atoms with E-state index in [1.807, 2.05) is 38.1 Å². The van der Waals surface area contributed by atoms with Gasteiger partial charge in [0.05, 0.1) is 16.4 Å². The third-order valence-corrected chi connectivity index (χ3v) is 5.27. The highest BCUT2D eigenvalue weighted by atomic mass is 35.5. The van der Waals surface area contributed by atoms with Crippen molar-refractivity contribution in [1.29, 1.82) is 0 Å². The number of halogens is 3. The van der Waals surface area contributed by atoms with E-state index in [9.17, 15) is 0 Å². The van der Waals surface area contributed by atoms with Crippen LogP contribution in [0, 0.1) is 0 Å². The Labute approximate surface area is 202 Å². The Balaban J connectivity index is 0.000000860. The van der Waals surface area contributed by atoms with E-state index in [2.05, 4.69) is 31.2 Å². The number of rotatable bonds is 5. The number of anilines is 2. The quantitative estimate of drug-likeness (QED) is 0.202. The Morgan fingerprint density at radius 1 is 1.00 bits per heavy atom. The van der Waals surface area contributed by atoms with E-state index in [0.717, 1.165) is 33.1 Å². The summed E-state index contributed by atoms with van der Waals surface area (Å²) in [5.74, 6) is 0.593. The third-order valence-electron chi connectivity index (χ3n) is 4.35. The highest BCUT2D eigenvalue weighted by Gasteiger charge is 2.13. The van der Waals surface area contributed by atoms with Gasteiger partial charge in [0, 0.05) is 34.0 Å². The van der Waals surface area contributed by atoms with Crippen LogP contribution in [0.4, 0.5) is 11.5 Å². The summed E-state index contributed by atoms with van der Waals surface area (Å²) in [4.78, 5) is 7.56. The zero-order valence-corrected chi connectivity index (χ0v) is 20.4. The summed E-state index contributed by atoms with van der Waals surface area (Å²) in [6, 6.07) is 11.2. The second kappa shape index (κ2) is 12.5. The van der Waals surface area contributed by atoms with Crippen molar-refractivity contribution in [2.45, 2.75) is 20.3 Å². The maximum absolute atomic E-state index is 6.25. The van der Waals surface area contributed by atoms with Gasteiger partial charge in [-0.1, -0.05) is 48.7 Å². The Kier molecular flexibility index (Phi) is 9.99. The third kappa shape index (κ3) is 6.01. The minimum absolute atomic E-state index is 0.337. The van der Waals surface area contributed by atoms with Crippen molar-refractivity contribution in [3.8, 4) is 0 Å².